The first-order valence-electron chi connectivity index (χ1n) is 5.49. The van der Waals surface area contributed by atoms with Crippen molar-refractivity contribution < 1.29 is 5.11 Å². The summed E-state index contributed by atoms with van der Waals surface area (Å²) in [6, 6.07) is 5.05. The van der Waals surface area contributed by atoms with Crippen LogP contribution in [0.3, 0.4) is 0 Å². The van der Waals surface area contributed by atoms with Crippen LogP contribution in [0.2, 0.25) is 0 Å². The number of rotatable bonds is 2. The summed E-state index contributed by atoms with van der Waals surface area (Å²) in [5, 5.41) is 22.8. The fraction of sp³-hybridized carbons (Fsp3) is 0.182. The standard InChI is InChI=1S/C11H11N5OS/c1-2-9-13-14-11-16(9)15-10(18-11)6-3-4-8(17)7(12)5-6/h3-5,17H,2,12H2,1H3. The summed E-state index contributed by atoms with van der Waals surface area (Å²) in [5.41, 5.74) is 6.88. The van der Waals surface area contributed by atoms with E-state index in [9.17, 15) is 5.11 Å². The lowest BCUT2D eigenvalue weighted by atomic mass is 10.2. The van der Waals surface area contributed by atoms with Crippen molar-refractivity contribution >= 4 is 22.0 Å². The molecule has 0 aliphatic rings. The van der Waals surface area contributed by atoms with Gasteiger partial charge in [0.05, 0.1) is 5.69 Å². The lowest BCUT2D eigenvalue weighted by molar-refractivity contribution is 0.478. The van der Waals surface area contributed by atoms with E-state index in [-0.39, 0.29) is 5.75 Å². The summed E-state index contributed by atoms with van der Waals surface area (Å²) in [5.74, 6) is 0.912. The average molecular weight is 261 g/mol. The average Bonchev–Trinajstić information content (AvgIpc) is 2.92. The molecule has 0 unspecified atom stereocenters. The highest BCUT2D eigenvalue weighted by Crippen LogP contribution is 2.30. The van der Waals surface area contributed by atoms with E-state index in [1.165, 1.54) is 11.3 Å². The zero-order valence-corrected chi connectivity index (χ0v) is 10.5. The van der Waals surface area contributed by atoms with Crippen molar-refractivity contribution in [3.05, 3.63) is 24.0 Å². The van der Waals surface area contributed by atoms with Crippen LogP contribution >= 0.6 is 11.3 Å². The number of nitrogens with two attached hydrogens (primary N) is 1. The highest BCUT2D eigenvalue weighted by Gasteiger charge is 2.12. The third-order valence-corrected chi connectivity index (χ3v) is 3.59. The predicted molar refractivity (Wildman–Crippen MR) is 69.6 cm³/mol. The quantitative estimate of drug-likeness (QED) is 0.541. The van der Waals surface area contributed by atoms with E-state index in [0.717, 1.165) is 27.8 Å². The number of nitrogen functional groups attached to an aromatic ring is 1. The van der Waals surface area contributed by atoms with Gasteiger partial charge in [0.2, 0.25) is 4.96 Å². The number of phenols is 1. The Morgan fingerprint density at radius 2 is 2.22 bits per heavy atom. The molecular formula is C11H11N5OS. The molecule has 18 heavy (non-hydrogen) atoms. The minimum absolute atomic E-state index is 0.0796. The Morgan fingerprint density at radius 1 is 1.39 bits per heavy atom. The van der Waals surface area contributed by atoms with Crippen molar-refractivity contribution in [3.63, 3.8) is 0 Å². The van der Waals surface area contributed by atoms with E-state index in [4.69, 9.17) is 5.73 Å². The highest BCUT2D eigenvalue weighted by atomic mass is 32.1. The molecule has 0 saturated heterocycles. The summed E-state index contributed by atoms with van der Waals surface area (Å²) in [6.07, 6.45) is 0.780. The van der Waals surface area contributed by atoms with Gasteiger partial charge in [-0.05, 0) is 18.2 Å². The lowest BCUT2D eigenvalue weighted by Gasteiger charge is -2.00. The Bertz CT molecular complexity index is 717. The van der Waals surface area contributed by atoms with Crippen LogP contribution in [0.1, 0.15) is 12.7 Å². The molecule has 7 heteroatoms. The van der Waals surface area contributed by atoms with Crippen molar-refractivity contribution in [3.8, 4) is 16.3 Å². The molecule has 92 valence electrons. The Kier molecular flexibility index (Phi) is 2.41. The summed E-state index contributed by atoms with van der Waals surface area (Å²) in [6.45, 7) is 2.01. The molecule has 0 bridgehead atoms. The number of hydrogen-bond donors (Lipinski definition) is 2. The van der Waals surface area contributed by atoms with Gasteiger partial charge in [-0.25, -0.2) is 0 Å². The maximum atomic E-state index is 9.40. The van der Waals surface area contributed by atoms with Gasteiger partial charge in [0.15, 0.2) is 5.82 Å². The molecule has 0 aliphatic heterocycles. The number of fused-ring (bicyclic) bond motifs is 1. The first-order chi connectivity index (χ1) is 8.69. The van der Waals surface area contributed by atoms with E-state index in [1.807, 2.05) is 6.92 Å². The molecule has 6 nitrogen and oxygen atoms in total. The molecule has 1 aromatic carbocycles. The van der Waals surface area contributed by atoms with Gasteiger partial charge >= 0.3 is 0 Å². The van der Waals surface area contributed by atoms with Crippen molar-refractivity contribution in [1.29, 1.82) is 0 Å². The number of nitrogens with zero attached hydrogens (tertiary/aromatic N) is 4. The van der Waals surface area contributed by atoms with Crippen molar-refractivity contribution in [2.45, 2.75) is 13.3 Å². The van der Waals surface area contributed by atoms with Gasteiger partial charge in [-0.15, -0.1) is 10.2 Å². The van der Waals surface area contributed by atoms with Gasteiger partial charge in [0.25, 0.3) is 0 Å². The molecule has 3 N–H and O–H groups in total. The number of anilines is 1. The number of phenolic OH excluding ortho intramolecular Hbond substituents is 1. The highest BCUT2D eigenvalue weighted by molar-refractivity contribution is 7.19. The minimum Gasteiger partial charge on any atom is -0.506 e. The SMILES string of the molecule is CCc1nnc2sc(-c3ccc(O)c(N)c3)nn12. The Hall–Kier alpha value is -2.15. The number of aromatic hydroxyl groups is 1. The van der Waals surface area contributed by atoms with Crippen LogP contribution in [0, 0.1) is 0 Å². The van der Waals surface area contributed by atoms with Gasteiger partial charge in [0.1, 0.15) is 10.8 Å². The number of aryl methyl sites for hydroxylation is 1. The van der Waals surface area contributed by atoms with Crippen molar-refractivity contribution in [2.75, 3.05) is 5.73 Å². The Morgan fingerprint density at radius 3 is 2.94 bits per heavy atom. The third kappa shape index (κ3) is 1.60. The van der Waals surface area contributed by atoms with Gasteiger partial charge in [-0.1, -0.05) is 18.3 Å². The molecule has 0 fully saturated rings. The topological polar surface area (TPSA) is 89.3 Å². The second-order valence-corrected chi connectivity index (χ2v) is 4.80. The third-order valence-electron chi connectivity index (χ3n) is 2.65. The Labute approximate surface area is 107 Å². The molecule has 0 saturated carbocycles. The molecular weight excluding hydrogens is 250 g/mol. The van der Waals surface area contributed by atoms with E-state index >= 15 is 0 Å². The van der Waals surface area contributed by atoms with Crippen LogP contribution < -0.4 is 5.73 Å². The number of benzene rings is 1. The molecule has 0 amide bonds. The molecule has 3 aromatic rings. The minimum atomic E-state index is 0.0796. The zero-order chi connectivity index (χ0) is 12.7. The molecule has 0 aliphatic carbocycles. The second kappa shape index (κ2) is 3.95. The van der Waals surface area contributed by atoms with E-state index in [1.54, 1.807) is 22.7 Å². The van der Waals surface area contributed by atoms with Crippen LogP contribution in [0.25, 0.3) is 15.5 Å². The van der Waals surface area contributed by atoms with Gasteiger partial charge < -0.3 is 10.8 Å². The molecule has 0 atom stereocenters. The maximum Gasteiger partial charge on any atom is 0.234 e. The smallest absolute Gasteiger partial charge is 0.234 e. The van der Waals surface area contributed by atoms with E-state index in [2.05, 4.69) is 15.3 Å². The normalized spacial score (nSPS) is 11.2. The van der Waals surface area contributed by atoms with E-state index < -0.39 is 0 Å². The fourth-order valence-electron chi connectivity index (χ4n) is 1.68. The Balaban J connectivity index is 2.13. The summed E-state index contributed by atoms with van der Waals surface area (Å²) >= 11 is 1.44. The van der Waals surface area contributed by atoms with Gasteiger partial charge in [-0.3, -0.25) is 0 Å². The van der Waals surface area contributed by atoms with Crippen molar-refractivity contribution in [2.24, 2.45) is 0 Å². The van der Waals surface area contributed by atoms with Crippen LogP contribution in [0.15, 0.2) is 18.2 Å². The number of hydrogen-bond acceptors (Lipinski definition) is 6. The number of aromatic nitrogens is 4. The summed E-state index contributed by atoms with van der Waals surface area (Å²) < 4.78 is 1.74. The van der Waals surface area contributed by atoms with Crippen LogP contribution in [-0.2, 0) is 6.42 Å². The molecule has 2 heterocycles. The largest absolute Gasteiger partial charge is 0.506 e. The van der Waals surface area contributed by atoms with E-state index in [0.29, 0.717) is 5.69 Å². The summed E-state index contributed by atoms with van der Waals surface area (Å²) in [7, 11) is 0. The first kappa shape index (κ1) is 11.0. The fourth-order valence-corrected chi connectivity index (χ4v) is 2.54. The van der Waals surface area contributed by atoms with Gasteiger partial charge in [0, 0.05) is 12.0 Å². The summed E-state index contributed by atoms with van der Waals surface area (Å²) in [4.78, 5) is 0.758. The van der Waals surface area contributed by atoms with Crippen LogP contribution in [0.5, 0.6) is 5.75 Å². The predicted octanol–water partition coefficient (Wildman–Crippen LogP) is 1.70. The monoisotopic (exact) mass is 261 g/mol. The first-order valence-corrected chi connectivity index (χ1v) is 6.30. The second-order valence-electron chi connectivity index (χ2n) is 3.84. The van der Waals surface area contributed by atoms with Crippen LogP contribution in [0.4, 0.5) is 5.69 Å². The maximum absolute atomic E-state index is 9.40. The zero-order valence-electron chi connectivity index (χ0n) is 9.66. The van der Waals surface area contributed by atoms with Crippen molar-refractivity contribution in [1.82, 2.24) is 19.8 Å². The van der Waals surface area contributed by atoms with Gasteiger partial charge in [-0.2, -0.15) is 9.61 Å². The molecule has 2 aromatic heterocycles. The lowest BCUT2D eigenvalue weighted by Crippen LogP contribution is -1.93. The molecule has 3 rings (SSSR count). The molecule has 0 spiro atoms. The molecule has 0 radical (unpaired) electrons. The van der Waals surface area contributed by atoms with Crippen LogP contribution in [-0.4, -0.2) is 24.9 Å².